The van der Waals surface area contributed by atoms with Crippen molar-refractivity contribution in [3.8, 4) is 11.5 Å². The highest BCUT2D eigenvalue weighted by Gasteiger charge is 2.17. The minimum atomic E-state index is 0.488. The van der Waals surface area contributed by atoms with Crippen LogP contribution in [0.1, 0.15) is 0 Å². The van der Waals surface area contributed by atoms with Crippen LogP contribution in [0.4, 0.5) is 17.5 Å². The molecule has 1 aromatic carbocycles. The maximum atomic E-state index is 5.69. The van der Waals surface area contributed by atoms with E-state index in [4.69, 9.17) is 9.47 Å². The zero-order valence-corrected chi connectivity index (χ0v) is 12.0. The number of nitrogens with zero attached hydrogens (tertiary/aromatic N) is 2. The molecule has 0 atom stereocenters. The first kappa shape index (κ1) is 12.8. The summed E-state index contributed by atoms with van der Waals surface area (Å²) in [6.45, 7) is 1.09. The molecule has 0 saturated carbocycles. The van der Waals surface area contributed by atoms with Crippen molar-refractivity contribution in [3.05, 3.63) is 30.5 Å². The van der Waals surface area contributed by atoms with Gasteiger partial charge in [0, 0.05) is 13.2 Å². The molecule has 112 valence electrons. The number of para-hydroxylation sites is 1. The van der Waals surface area contributed by atoms with Crippen LogP contribution in [0.25, 0.3) is 11.0 Å². The molecule has 0 unspecified atom stereocenters. The Morgan fingerprint density at radius 2 is 2.05 bits per heavy atom. The van der Waals surface area contributed by atoms with E-state index in [-0.39, 0.29) is 0 Å². The lowest BCUT2D eigenvalue weighted by molar-refractivity contribution is 0.172. The maximum absolute atomic E-state index is 5.69. The van der Waals surface area contributed by atoms with Gasteiger partial charge in [0.1, 0.15) is 24.7 Å². The number of hydrogen-bond acceptors (Lipinski definition) is 6. The van der Waals surface area contributed by atoms with Crippen molar-refractivity contribution in [2.24, 2.45) is 0 Å². The van der Waals surface area contributed by atoms with Gasteiger partial charge in [-0.3, -0.25) is 0 Å². The van der Waals surface area contributed by atoms with Crippen LogP contribution in [0.5, 0.6) is 11.5 Å². The third-order valence-electron chi connectivity index (χ3n) is 3.47. The Bertz CT molecular complexity index is 830. The second-order valence-corrected chi connectivity index (χ2v) is 4.84. The van der Waals surface area contributed by atoms with Crippen molar-refractivity contribution in [1.82, 2.24) is 15.0 Å². The molecule has 7 nitrogen and oxygen atoms in total. The highest BCUT2D eigenvalue weighted by Crippen LogP contribution is 2.38. The van der Waals surface area contributed by atoms with Crippen LogP contribution in [0, 0.1) is 0 Å². The zero-order valence-electron chi connectivity index (χ0n) is 12.0. The van der Waals surface area contributed by atoms with Crippen molar-refractivity contribution in [2.45, 2.75) is 0 Å². The summed E-state index contributed by atoms with van der Waals surface area (Å²) < 4.78 is 11.3. The predicted octanol–water partition coefficient (Wildman–Crippen LogP) is 2.51. The van der Waals surface area contributed by atoms with Gasteiger partial charge in [-0.25, -0.2) is 0 Å². The minimum Gasteiger partial charge on any atom is -0.486 e. The van der Waals surface area contributed by atoms with E-state index in [1.54, 1.807) is 0 Å². The molecule has 7 heteroatoms. The van der Waals surface area contributed by atoms with E-state index in [9.17, 15) is 0 Å². The van der Waals surface area contributed by atoms with E-state index in [0.717, 1.165) is 28.3 Å². The molecule has 1 aliphatic heterocycles. The first-order valence-corrected chi connectivity index (χ1v) is 7.03. The average molecular weight is 297 g/mol. The lowest BCUT2D eigenvalue weighted by Gasteiger charge is -2.21. The van der Waals surface area contributed by atoms with E-state index in [2.05, 4.69) is 25.6 Å². The lowest BCUT2D eigenvalue weighted by atomic mass is 10.2. The Balaban J connectivity index is 1.75. The molecule has 4 rings (SSSR count). The fraction of sp³-hybridized carbons (Fsp3) is 0.200. The third-order valence-corrected chi connectivity index (χ3v) is 3.47. The van der Waals surface area contributed by atoms with Gasteiger partial charge in [-0.2, -0.15) is 9.97 Å². The number of rotatable bonds is 3. The molecule has 0 bridgehead atoms. The lowest BCUT2D eigenvalue weighted by Crippen LogP contribution is -2.16. The predicted molar refractivity (Wildman–Crippen MR) is 84.2 cm³/mol. The topological polar surface area (TPSA) is 84.1 Å². The van der Waals surface area contributed by atoms with Crippen molar-refractivity contribution in [1.29, 1.82) is 0 Å². The second kappa shape index (κ2) is 5.10. The summed E-state index contributed by atoms with van der Waals surface area (Å²) in [5.41, 5.74) is 1.55. The van der Waals surface area contributed by atoms with Crippen molar-refractivity contribution < 1.29 is 9.47 Å². The molecule has 3 heterocycles. The summed E-state index contributed by atoms with van der Waals surface area (Å²) in [6.07, 6.45) is 1.84. The SMILES string of the molecule is CNc1nc(Nc2cccc3c2OCCO3)nc2[nH]ccc12. The number of nitrogens with one attached hydrogen (secondary N) is 3. The molecule has 0 amide bonds. The average Bonchev–Trinajstić information content (AvgIpc) is 3.03. The number of aromatic amines is 1. The summed E-state index contributed by atoms with van der Waals surface area (Å²) in [4.78, 5) is 12.1. The van der Waals surface area contributed by atoms with Crippen LogP contribution in [-0.4, -0.2) is 35.2 Å². The normalized spacial score (nSPS) is 13.1. The van der Waals surface area contributed by atoms with Crippen LogP contribution in [-0.2, 0) is 0 Å². The van der Waals surface area contributed by atoms with Gasteiger partial charge in [0.05, 0.1) is 11.1 Å². The van der Waals surface area contributed by atoms with Gasteiger partial charge in [0.2, 0.25) is 5.95 Å². The Kier molecular flexibility index (Phi) is 2.96. The van der Waals surface area contributed by atoms with Gasteiger partial charge < -0.3 is 25.1 Å². The quantitative estimate of drug-likeness (QED) is 0.689. The van der Waals surface area contributed by atoms with Crippen LogP contribution < -0.4 is 20.1 Å². The smallest absolute Gasteiger partial charge is 0.231 e. The number of benzene rings is 1. The molecule has 2 aromatic heterocycles. The van der Waals surface area contributed by atoms with E-state index in [0.29, 0.717) is 24.9 Å². The first-order chi connectivity index (χ1) is 10.8. The maximum Gasteiger partial charge on any atom is 0.231 e. The van der Waals surface area contributed by atoms with Crippen molar-refractivity contribution in [2.75, 3.05) is 30.9 Å². The van der Waals surface area contributed by atoms with E-state index in [1.165, 1.54) is 0 Å². The molecular weight excluding hydrogens is 282 g/mol. The van der Waals surface area contributed by atoms with Gasteiger partial charge in [-0.15, -0.1) is 0 Å². The van der Waals surface area contributed by atoms with E-state index >= 15 is 0 Å². The summed E-state index contributed by atoms with van der Waals surface area (Å²) >= 11 is 0. The molecular formula is C15H15N5O2. The molecule has 0 aliphatic carbocycles. The van der Waals surface area contributed by atoms with Gasteiger partial charge in [-0.1, -0.05) is 6.07 Å². The van der Waals surface area contributed by atoms with Crippen LogP contribution >= 0.6 is 0 Å². The molecule has 3 aromatic rings. The molecule has 0 saturated heterocycles. The van der Waals surface area contributed by atoms with Crippen LogP contribution in [0.15, 0.2) is 30.5 Å². The van der Waals surface area contributed by atoms with Crippen LogP contribution in [0.3, 0.4) is 0 Å². The first-order valence-electron chi connectivity index (χ1n) is 7.03. The van der Waals surface area contributed by atoms with Crippen molar-refractivity contribution >= 4 is 28.5 Å². The standard InChI is InChI=1S/C15H15N5O2/c1-16-13-9-5-6-17-14(9)20-15(19-13)18-10-3-2-4-11-12(10)22-8-7-21-11/h2-6H,7-8H2,1H3,(H3,16,17,18,19,20). The van der Waals surface area contributed by atoms with E-state index in [1.807, 2.05) is 37.5 Å². The number of fused-ring (bicyclic) bond motifs is 2. The van der Waals surface area contributed by atoms with Gasteiger partial charge in [0.15, 0.2) is 11.5 Å². The van der Waals surface area contributed by atoms with Crippen molar-refractivity contribution in [3.63, 3.8) is 0 Å². The van der Waals surface area contributed by atoms with Gasteiger partial charge in [-0.05, 0) is 18.2 Å². The Morgan fingerprint density at radius 1 is 1.14 bits per heavy atom. The second-order valence-electron chi connectivity index (χ2n) is 4.84. The number of hydrogen-bond donors (Lipinski definition) is 3. The van der Waals surface area contributed by atoms with Gasteiger partial charge >= 0.3 is 0 Å². The largest absolute Gasteiger partial charge is 0.486 e. The number of H-pyrrole nitrogens is 1. The zero-order chi connectivity index (χ0) is 14.9. The summed E-state index contributed by atoms with van der Waals surface area (Å²) in [5, 5.41) is 7.23. The third kappa shape index (κ3) is 2.07. The molecule has 0 fully saturated rings. The van der Waals surface area contributed by atoms with Gasteiger partial charge in [0.25, 0.3) is 0 Å². The monoisotopic (exact) mass is 297 g/mol. The Hall–Kier alpha value is -2.96. The highest BCUT2D eigenvalue weighted by atomic mass is 16.6. The summed E-state index contributed by atoms with van der Waals surface area (Å²) in [6, 6.07) is 7.64. The number of aromatic nitrogens is 3. The number of anilines is 3. The summed E-state index contributed by atoms with van der Waals surface area (Å²) in [5.74, 6) is 2.67. The molecule has 1 aliphatic rings. The molecule has 22 heavy (non-hydrogen) atoms. The molecule has 0 radical (unpaired) electrons. The van der Waals surface area contributed by atoms with E-state index < -0.39 is 0 Å². The minimum absolute atomic E-state index is 0.488. The highest BCUT2D eigenvalue weighted by molar-refractivity contribution is 5.88. The molecule has 3 N–H and O–H groups in total. The van der Waals surface area contributed by atoms with Crippen LogP contribution in [0.2, 0.25) is 0 Å². The fourth-order valence-corrected chi connectivity index (χ4v) is 2.48. The Labute approximate surface area is 126 Å². The summed E-state index contributed by atoms with van der Waals surface area (Å²) in [7, 11) is 1.83. The fourth-order valence-electron chi connectivity index (χ4n) is 2.48. The number of ether oxygens (including phenoxy) is 2. The Morgan fingerprint density at radius 3 is 2.95 bits per heavy atom. The molecule has 0 spiro atoms.